The minimum Gasteiger partial charge on any atom is -0.460 e. The largest absolute Gasteiger partial charge is 0.460 e. The van der Waals surface area contributed by atoms with Gasteiger partial charge in [0.2, 0.25) is 5.79 Å². The van der Waals surface area contributed by atoms with Crippen molar-refractivity contribution in [2.75, 3.05) is 40.6 Å². The molecule has 16 atom stereocenters. The first-order valence-corrected chi connectivity index (χ1v) is 32.2. The molecule has 2 aromatic carbocycles. The maximum Gasteiger partial charge on any atom is 0.329 e. The second-order valence-corrected chi connectivity index (χ2v) is 26.3. The molecular weight excluding hydrogens is 1270 g/mol. The predicted molar refractivity (Wildman–Crippen MR) is 334 cm³/mol. The summed E-state index contributed by atoms with van der Waals surface area (Å²) in [5.74, 6) is -13.2. The number of ether oxygens (including phenoxy) is 6. The fraction of sp³-hybridized carbons (Fsp3) is 0.618. The van der Waals surface area contributed by atoms with E-state index in [1.54, 1.807) is 65.0 Å². The SMILES string of the molecule is CO[C@@H]1C[C@@H](CC(C)[C@@H]2CC(=O)[C@H](C)/C=C(\C)[C@@H](O)[C@@H](OC)C(=O)[C@H](C)C[C@H](C)/C=C/C=C/C=C(/C)[C@@H](OC[C@@H](O)COCC(=O)c3ccc(F)c(F)c3Cc3ccc(I)cc3F)C[C@@H]3CC[C@@H](C)[C@@](O)(O3)C(=O)C(=O)N3CCCC[C@H]3C(=O)O2)CC[C@H]1O. The maximum atomic E-state index is 15.2. The van der Waals surface area contributed by atoms with Crippen molar-refractivity contribution in [3.63, 3.8) is 0 Å². The molecule has 2 aromatic rings. The third-order valence-corrected chi connectivity index (χ3v) is 18.8. The summed E-state index contributed by atoms with van der Waals surface area (Å²) in [6, 6.07) is 4.89. The number of fused-ring (bicyclic) bond motifs is 3. The van der Waals surface area contributed by atoms with Crippen LogP contribution in [0.5, 0.6) is 0 Å². The molecule has 3 fully saturated rings. The molecule has 1 saturated carbocycles. The van der Waals surface area contributed by atoms with Crippen LogP contribution in [0.3, 0.4) is 0 Å². The van der Waals surface area contributed by atoms with Gasteiger partial charge in [-0.05, 0) is 159 Å². The summed E-state index contributed by atoms with van der Waals surface area (Å²) in [6.07, 6.45) is 6.34. The van der Waals surface area contributed by atoms with Crippen LogP contribution in [-0.2, 0) is 58.8 Å². The number of hydrogen-bond acceptors (Lipinski definition) is 16. The van der Waals surface area contributed by atoms with Crippen LogP contribution in [0.4, 0.5) is 13.2 Å². The Labute approximate surface area is 534 Å². The zero-order chi connectivity index (χ0) is 65.4. The molecule has 0 radical (unpaired) electrons. The van der Waals surface area contributed by atoms with E-state index in [9.17, 15) is 58.0 Å². The molecule has 492 valence electrons. The van der Waals surface area contributed by atoms with E-state index in [1.807, 2.05) is 48.6 Å². The molecular formula is C68H91F3INO16. The topological polar surface area (TPSA) is 242 Å². The highest BCUT2D eigenvalue weighted by Gasteiger charge is 2.53. The summed E-state index contributed by atoms with van der Waals surface area (Å²) in [4.78, 5) is 86.6. The lowest BCUT2D eigenvalue weighted by atomic mass is 9.78. The number of cyclic esters (lactones) is 1. The Kier molecular flexibility index (Phi) is 28.1. The van der Waals surface area contributed by atoms with Gasteiger partial charge < -0.3 is 53.7 Å². The molecule has 2 bridgehead atoms. The predicted octanol–water partition coefficient (Wildman–Crippen LogP) is 9.42. The van der Waals surface area contributed by atoms with Gasteiger partial charge >= 0.3 is 5.97 Å². The van der Waals surface area contributed by atoms with Crippen molar-refractivity contribution in [1.82, 2.24) is 4.90 Å². The minimum atomic E-state index is -2.64. The zero-order valence-electron chi connectivity index (χ0n) is 52.7. The van der Waals surface area contributed by atoms with Gasteiger partial charge in [-0.1, -0.05) is 77.1 Å². The van der Waals surface area contributed by atoms with E-state index in [4.69, 9.17) is 28.4 Å². The summed E-state index contributed by atoms with van der Waals surface area (Å²) in [7, 11) is 2.88. The van der Waals surface area contributed by atoms with Gasteiger partial charge in [0.1, 0.15) is 48.7 Å². The Morgan fingerprint density at radius 1 is 0.865 bits per heavy atom. The number of allylic oxidation sites excluding steroid dienone is 6. The van der Waals surface area contributed by atoms with Gasteiger partial charge in [-0.2, -0.15) is 0 Å². The lowest BCUT2D eigenvalue weighted by molar-refractivity contribution is -0.266. The number of piperidine rings is 1. The number of Topliss-reactive ketones (excluding diaryl/α,β-unsaturated/α-hetero) is 4. The number of aliphatic hydroxyl groups is 4. The number of amides is 1. The Balaban J connectivity index is 1.25. The molecule has 21 heteroatoms. The number of carbonyl (C=O) groups excluding carboxylic acids is 6. The monoisotopic (exact) mass is 1360 g/mol. The van der Waals surface area contributed by atoms with Gasteiger partial charge in [0, 0.05) is 72.5 Å². The molecule has 89 heavy (non-hydrogen) atoms. The molecule has 0 aromatic heterocycles. The lowest BCUT2D eigenvalue weighted by Crippen LogP contribution is -2.61. The van der Waals surface area contributed by atoms with E-state index in [-0.39, 0.29) is 78.9 Å². The third-order valence-electron chi connectivity index (χ3n) is 18.1. The van der Waals surface area contributed by atoms with Crippen LogP contribution in [0.25, 0.3) is 0 Å². The first-order valence-electron chi connectivity index (χ1n) is 31.1. The van der Waals surface area contributed by atoms with Crippen molar-refractivity contribution in [2.24, 2.45) is 35.5 Å². The highest BCUT2D eigenvalue weighted by atomic mass is 127. The summed E-state index contributed by atoms with van der Waals surface area (Å²) < 4.78 is 80.7. The molecule has 3 heterocycles. The number of ketones is 4. The third kappa shape index (κ3) is 19.8. The average Bonchev–Trinajstić information content (AvgIpc) is 1.14. The van der Waals surface area contributed by atoms with Gasteiger partial charge in [0.15, 0.2) is 23.2 Å². The smallest absolute Gasteiger partial charge is 0.329 e. The van der Waals surface area contributed by atoms with Gasteiger partial charge in [-0.15, -0.1) is 0 Å². The van der Waals surface area contributed by atoms with Crippen LogP contribution in [0.2, 0.25) is 0 Å². The molecule has 1 aliphatic carbocycles. The van der Waals surface area contributed by atoms with Crippen molar-refractivity contribution in [2.45, 2.75) is 193 Å². The maximum absolute atomic E-state index is 15.2. The second kappa shape index (κ2) is 34.2. The fourth-order valence-electron chi connectivity index (χ4n) is 12.6. The van der Waals surface area contributed by atoms with E-state index in [2.05, 4.69) is 0 Å². The number of esters is 1. The zero-order valence-corrected chi connectivity index (χ0v) is 54.8. The van der Waals surface area contributed by atoms with Gasteiger partial charge in [-0.3, -0.25) is 24.0 Å². The number of aliphatic hydroxyl groups excluding tert-OH is 3. The van der Waals surface area contributed by atoms with E-state index < -0.39 is 145 Å². The molecule has 1 amide bonds. The second-order valence-electron chi connectivity index (χ2n) is 25.1. The van der Waals surface area contributed by atoms with Crippen LogP contribution in [0.15, 0.2) is 77.9 Å². The Bertz CT molecular complexity index is 2920. The highest BCUT2D eigenvalue weighted by Crippen LogP contribution is 2.38. The molecule has 4 N–H and O–H groups in total. The number of methoxy groups -OCH3 is 2. The Morgan fingerprint density at radius 3 is 2.31 bits per heavy atom. The van der Waals surface area contributed by atoms with Crippen molar-refractivity contribution in [3.05, 3.63) is 116 Å². The highest BCUT2D eigenvalue weighted by molar-refractivity contribution is 14.1. The first-order chi connectivity index (χ1) is 42.2. The summed E-state index contributed by atoms with van der Waals surface area (Å²) >= 11 is 1.91. The molecule has 3 aliphatic heterocycles. The number of halogens is 4. The Morgan fingerprint density at radius 2 is 1.61 bits per heavy atom. The number of hydrogen-bond donors (Lipinski definition) is 4. The lowest BCUT2D eigenvalue weighted by Gasteiger charge is -2.43. The number of rotatable bonds is 15. The van der Waals surface area contributed by atoms with Crippen molar-refractivity contribution in [3.8, 4) is 0 Å². The van der Waals surface area contributed by atoms with Crippen molar-refractivity contribution < 1.29 is 90.8 Å². The minimum absolute atomic E-state index is 0.00689. The number of nitrogens with zero attached hydrogens (tertiary/aromatic N) is 1. The summed E-state index contributed by atoms with van der Waals surface area (Å²) in [6.45, 7) is 10.7. The number of benzene rings is 2. The standard InChI is InChI=1S/C68H91F3INO16/c1-38-15-11-10-12-16-39(2)58(87-36-48(74)35-86-37-57(77)50-23-24-52(69)61(71)51(50)31-46-20-21-47(72)32-53(46)70)33-49-22-18-44(7)68(83,89-49)65(80)66(81)73-26-14-13-17-54(73)67(82)88-59(41(4)29-45-19-25-55(75)60(30-45)84-8)34-56(76)40(3)28-43(6)63(79)64(85-9)62(78)42(5)27-38/h10-12,15-16,20-21,23-24,28,32,38,40-42,44-45,48-49,54-55,58-60,63-64,74-75,79,83H,13-14,17-19,22,25-27,29-31,33-37H2,1-9H3/b12-10+,15-11+,39-16-,43-28+/t38-,40-,41?,42-,44-,45-,48+,49+,54+,55-,58+,59+,60-,63-,64+,68-/m1/s1. The van der Waals surface area contributed by atoms with Crippen molar-refractivity contribution >= 4 is 57.6 Å². The molecule has 4 aliphatic rings. The number of carbonyl (C=O) groups is 6. The van der Waals surface area contributed by atoms with Crippen LogP contribution in [-0.4, -0.2) is 162 Å². The molecule has 0 spiro atoms. The first kappa shape index (κ1) is 73.2. The summed E-state index contributed by atoms with van der Waals surface area (Å²) in [5, 5.41) is 45.6. The quantitative estimate of drug-likeness (QED) is 0.0427. The van der Waals surface area contributed by atoms with E-state index in [0.717, 1.165) is 17.0 Å². The van der Waals surface area contributed by atoms with Gasteiger partial charge in [0.05, 0.1) is 37.6 Å². The van der Waals surface area contributed by atoms with Gasteiger partial charge in [-0.25, -0.2) is 18.0 Å². The Hall–Kier alpha value is -4.82. The normalized spacial score (nSPS) is 33.0. The molecule has 2 saturated heterocycles. The van der Waals surface area contributed by atoms with Crippen molar-refractivity contribution in [1.29, 1.82) is 0 Å². The van der Waals surface area contributed by atoms with E-state index in [0.29, 0.717) is 66.1 Å². The van der Waals surface area contributed by atoms with E-state index in [1.165, 1.54) is 26.4 Å². The summed E-state index contributed by atoms with van der Waals surface area (Å²) in [5.41, 5.74) is 0.410. The van der Waals surface area contributed by atoms with Crippen LogP contribution in [0, 0.1) is 56.5 Å². The van der Waals surface area contributed by atoms with Crippen LogP contribution >= 0.6 is 22.6 Å². The van der Waals surface area contributed by atoms with Crippen LogP contribution < -0.4 is 0 Å². The van der Waals surface area contributed by atoms with Gasteiger partial charge in [0.25, 0.3) is 11.7 Å². The fourth-order valence-corrected chi connectivity index (χ4v) is 13.0. The van der Waals surface area contributed by atoms with E-state index >= 15 is 4.39 Å². The van der Waals surface area contributed by atoms with Crippen LogP contribution in [0.1, 0.15) is 147 Å². The molecule has 1 unspecified atom stereocenters. The molecule has 6 rings (SSSR count). The molecule has 17 nitrogen and oxygen atoms in total. The average molecular weight is 1360 g/mol.